The summed E-state index contributed by atoms with van der Waals surface area (Å²) >= 11 is 0. The quantitative estimate of drug-likeness (QED) is 0.772. The van der Waals surface area contributed by atoms with Crippen molar-refractivity contribution in [3.63, 3.8) is 0 Å². The molecule has 0 atom stereocenters. The minimum atomic E-state index is -0.315. The Morgan fingerprint density at radius 2 is 1.93 bits per heavy atom. The lowest BCUT2D eigenvalue weighted by molar-refractivity contribution is -0.126. The highest BCUT2D eigenvalue weighted by molar-refractivity contribution is 6.18. The third kappa shape index (κ3) is 4.44. The van der Waals surface area contributed by atoms with Crippen molar-refractivity contribution in [3.05, 3.63) is 41.5 Å². The molecule has 4 rings (SSSR count). The Balaban J connectivity index is 1.49. The predicted octanol–water partition coefficient (Wildman–Crippen LogP) is 2.11. The zero-order valence-electron chi connectivity index (χ0n) is 16.0. The number of hydrogen-bond donors (Lipinski definition) is 1. The van der Waals surface area contributed by atoms with Crippen LogP contribution in [-0.2, 0) is 4.79 Å². The smallest absolute Gasteiger partial charge is 0.272 e. The molecule has 0 radical (unpaired) electrons. The number of nitrogens with one attached hydrogen (secondary N) is 1. The average Bonchev–Trinajstić information content (AvgIpc) is 3.45. The second kappa shape index (κ2) is 8.18. The number of rotatable bonds is 6. The molecule has 1 aromatic heterocycles. The molecular weight excluding hydrogens is 359 g/mol. The normalized spacial score (nSPS) is 18.5. The fraction of sp³-hybridized carbons (Fsp3) is 0.500. The zero-order chi connectivity index (χ0) is 19.5. The first-order valence-corrected chi connectivity index (χ1v) is 9.85. The predicted molar refractivity (Wildman–Crippen MR) is 103 cm³/mol. The highest BCUT2D eigenvalue weighted by Crippen LogP contribution is 2.28. The van der Waals surface area contributed by atoms with Crippen LogP contribution in [0, 0.1) is 18.7 Å². The molecule has 1 saturated carbocycles. The maximum Gasteiger partial charge on any atom is 0.272 e. The van der Waals surface area contributed by atoms with Gasteiger partial charge in [-0.2, -0.15) is 4.68 Å². The van der Waals surface area contributed by atoms with Crippen molar-refractivity contribution in [3.8, 4) is 0 Å². The molecule has 0 spiro atoms. The van der Waals surface area contributed by atoms with Gasteiger partial charge in [-0.15, -0.1) is 5.10 Å². The Hall–Kier alpha value is -2.61. The molecule has 1 aromatic carbocycles. The van der Waals surface area contributed by atoms with E-state index < -0.39 is 0 Å². The summed E-state index contributed by atoms with van der Waals surface area (Å²) in [4.78, 5) is 15.1. The minimum Gasteiger partial charge on any atom is -0.337 e. The number of amides is 1. The molecule has 1 aliphatic carbocycles. The summed E-state index contributed by atoms with van der Waals surface area (Å²) in [6, 6.07) is 6.49. The van der Waals surface area contributed by atoms with Gasteiger partial charge >= 0.3 is 0 Å². The lowest BCUT2D eigenvalue weighted by Gasteiger charge is -2.33. The van der Waals surface area contributed by atoms with Crippen LogP contribution in [0.1, 0.15) is 37.1 Å². The molecule has 2 heterocycles. The van der Waals surface area contributed by atoms with Gasteiger partial charge in [0, 0.05) is 19.1 Å². The SMILES string of the molecule is Cc1nnnn1/C(=C\c1ccc(F)cc1)C(=O)N1CCC(NCC2CC2)CC1. The number of aryl methyl sites for hydroxylation is 1. The van der Waals surface area contributed by atoms with E-state index in [1.165, 1.54) is 29.7 Å². The molecule has 1 N–H and O–H groups in total. The maximum absolute atomic E-state index is 13.2. The van der Waals surface area contributed by atoms with E-state index in [0.29, 0.717) is 30.7 Å². The second-order valence-corrected chi connectivity index (χ2v) is 7.64. The Morgan fingerprint density at radius 3 is 2.54 bits per heavy atom. The van der Waals surface area contributed by atoms with E-state index >= 15 is 0 Å². The Bertz CT molecular complexity index is 850. The van der Waals surface area contributed by atoms with Crippen molar-refractivity contribution in [2.45, 2.75) is 38.6 Å². The van der Waals surface area contributed by atoms with Crippen LogP contribution in [0.25, 0.3) is 11.8 Å². The molecule has 1 saturated heterocycles. The topological polar surface area (TPSA) is 75.9 Å². The van der Waals surface area contributed by atoms with Gasteiger partial charge < -0.3 is 10.2 Å². The molecule has 1 aliphatic heterocycles. The third-order valence-electron chi connectivity index (χ3n) is 5.42. The summed E-state index contributed by atoms with van der Waals surface area (Å²) in [7, 11) is 0. The summed E-state index contributed by atoms with van der Waals surface area (Å²) in [5, 5.41) is 15.2. The number of tetrazole rings is 1. The van der Waals surface area contributed by atoms with Crippen molar-refractivity contribution in [1.82, 2.24) is 30.4 Å². The molecule has 2 fully saturated rings. The largest absolute Gasteiger partial charge is 0.337 e. The summed E-state index contributed by atoms with van der Waals surface area (Å²) < 4.78 is 14.7. The standard InChI is InChI=1S/C20H25FN6O/c1-14-23-24-25-27(14)19(12-15-4-6-17(21)7-5-15)20(28)26-10-8-18(9-11-26)22-13-16-2-3-16/h4-7,12,16,18,22H,2-3,8-11,13H2,1H3/b19-12-. The van der Waals surface area contributed by atoms with E-state index in [1.54, 1.807) is 25.1 Å². The van der Waals surface area contributed by atoms with Crippen LogP contribution in [0.3, 0.4) is 0 Å². The number of nitrogens with zero attached hydrogens (tertiary/aromatic N) is 5. The minimum absolute atomic E-state index is 0.111. The van der Waals surface area contributed by atoms with Gasteiger partial charge in [0.05, 0.1) is 0 Å². The number of carbonyl (C=O) groups excluding carboxylic acids is 1. The highest BCUT2D eigenvalue weighted by atomic mass is 19.1. The van der Waals surface area contributed by atoms with Crippen molar-refractivity contribution in [1.29, 1.82) is 0 Å². The lowest BCUT2D eigenvalue weighted by Crippen LogP contribution is -2.46. The van der Waals surface area contributed by atoms with Gasteiger partial charge in [0.1, 0.15) is 11.5 Å². The molecular formula is C20H25FN6O. The molecule has 148 valence electrons. The molecule has 28 heavy (non-hydrogen) atoms. The first-order chi connectivity index (χ1) is 13.6. The van der Waals surface area contributed by atoms with Crippen molar-refractivity contribution >= 4 is 17.7 Å². The summed E-state index contributed by atoms with van der Waals surface area (Å²) in [5.74, 6) is 0.958. The molecule has 1 amide bonds. The summed E-state index contributed by atoms with van der Waals surface area (Å²) in [6.07, 6.45) is 6.27. The van der Waals surface area contributed by atoms with E-state index in [2.05, 4.69) is 20.8 Å². The first kappa shape index (κ1) is 18.7. The van der Waals surface area contributed by atoms with Crippen molar-refractivity contribution < 1.29 is 9.18 Å². The van der Waals surface area contributed by atoms with E-state index in [4.69, 9.17) is 0 Å². The van der Waals surface area contributed by atoms with Gasteiger partial charge in [0.25, 0.3) is 5.91 Å². The number of halogens is 1. The number of carbonyl (C=O) groups is 1. The van der Waals surface area contributed by atoms with E-state index in [0.717, 1.165) is 30.9 Å². The number of benzene rings is 1. The number of hydrogen-bond acceptors (Lipinski definition) is 5. The van der Waals surface area contributed by atoms with E-state index in [1.807, 2.05) is 4.90 Å². The fourth-order valence-electron chi connectivity index (χ4n) is 3.49. The third-order valence-corrected chi connectivity index (χ3v) is 5.42. The van der Waals surface area contributed by atoms with Gasteiger partial charge in [-0.3, -0.25) is 4.79 Å². The molecule has 8 heteroatoms. The molecule has 2 aromatic rings. The van der Waals surface area contributed by atoms with Gasteiger partial charge in [-0.1, -0.05) is 12.1 Å². The van der Waals surface area contributed by atoms with Gasteiger partial charge in [0.15, 0.2) is 5.82 Å². The summed E-state index contributed by atoms with van der Waals surface area (Å²) in [5.41, 5.74) is 1.10. The molecule has 7 nitrogen and oxygen atoms in total. The van der Waals surface area contributed by atoms with Crippen LogP contribution in [0.4, 0.5) is 4.39 Å². The van der Waals surface area contributed by atoms with Crippen LogP contribution < -0.4 is 5.32 Å². The molecule has 0 bridgehead atoms. The van der Waals surface area contributed by atoms with E-state index in [9.17, 15) is 9.18 Å². The Kier molecular flexibility index (Phi) is 5.47. The number of piperidine rings is 1. The van der Waals surface area contributed by atoms with Gasteiger partial charge in [0.2, 0.25) is 0 Å². The Labute approximate surface area is 163 Å². The summed E-state index contributed by atoms with van der Waals surface area (Å²) in [6.45, 7) is 4.24. The number of likely N-dealkylation sites (tertiary alicyclic amines) is 1. The monoisotopic (exact) mass is 384 g/mol. The molecule has 0 unspecified atom stereocenters. The molecule has 2 aliphatic rings. The van der Waals surface area contributed by atoms with Crippen molar-refractivity contribution in [2.75, 3.05) is 19.6 Å². The first-order valence-electron chi connectivity index (χ1n) is 9.85. The van der Waals surface area contributed by atoms with Crippen LogP contribution >= 0.6 is 0 Å². The van der Waals surface area contributed by atoms with Gasteiger partial charge in [-0.05, 0) is 79.3 Å². The van der Waals surface area contributed by atoms with Crippen LogP contribution in [0.5, 0.6) is 0 Å². The zero-order valence-corrected chi connectivity index (χ0v) is 16.0. The average molecular weight is 384 g/mol. The Morgan fingerprint density at radius 1 is 1.21 bits per heavy atom. The van der Waals surface area contributed by atoms with Crippen LogP contribution in [0.15, 0.2) is 24.3 Å². The van der Waals surface area contributed by atoms with Gasteiger partial charge in [-0.25, -0.2) is 4.39 Å². The van der Waals surface area contributed by atoms with Crippen molar-refractivity contribution in [2.24, 2.45) is 5.92 Å². The second-order valence-electron chi connectivity index (χ2n) is 7.64. The maximum atomic E-state index is 13.2. The lowest BCUT2D eigenvalue weighted by atomic mass is 10.0. The van der Waals surface area contributed by atoms with E-state index in [-0.39, 0.29) is 11.7 Å². The fourth-order valence-corrected chi connectivity index (χ4v) is 3.49. The highest BCUT2D eigenvalue weighted by Gasteiger charge is 2.28. The van der Waals surface area contributed by atoms with Crippen LogP contribution in [0.2, 0.25) is 0 Å². The van der Waals surface area contributed by atoms with Crippen LogP contribution in [-0.4, -0.2) is 56.7 Å². The number of aromatic nitrogens is 4.